The number of hydrogen-bond donors (Lipinski definition) is 1. The zero-order chi connectivity index (χ0) is 16.3. The first kappa shape index (κ1) is 15.3. The molecule has 0 aliphatic heterocycles. The van der Waals surface area contributed by atoms with Crippen LogP contribution in [-0.2, 0) is 6.54 Å². The second-order valence-corrected chi connectivity index (χ2v) is 4.03. The highest BCUT2D eigenvalue weighted by Gasteiger charge is 2.15. The van der Waals surface area contributed by atoms with Crippen LogP contribution in [0.3, 0.4) is 0 Å². The molecule has 2 rings (SSSR count). The summed E-state index contributed by atoms with van der Waals surface area (Å²) in [5, 5.41) is 10.7. The normalized spacial score (nSPS) is 10.5. The summed E-state index contributed by atoms with van der Waals surface area (Å²) >= 11 is 0. The number of nitriles is 1. The van der Waals surface area contributed by atoms with Crippen LogP contribution >= 0.6 is 0 Å². The molecular formula is C12H7F3N4O3. The zero-order valence-corrected chi connectivity index (χ0v) is 10.7. The number of hydrogen-bond acceptors (Lipinski definition) is 5. The predicted molar refractivity (Wildman–Crippen MR) is 65.8 cm³/mol. The minimum atomic E-state index is -2.86. The molecule has 0 aliphatic carbocycles. The number of alkyl halides is 2. The molecule has 0 aliphatic rings. The van der Waals surface area contributed by atoms with Gasteiger partial charge >= 0.3 is 5.89 Å². The Balaban J connectivity index is 2.26. The zero-order valence-electron chi connectivity index (χ0n) is 10.7. The van der Waals surface area contributed by atoms with Crippen molar-refractivity contribution in [2.45, 2.75) is 13.0 Å². The van der Waals surface area contributed by atoms with Crippen LogP contribution in [0, 0.1) is 17.1 Å². The fourth-order valence-electron chi connectivity index (χ4n) is 1.58. The molecule has 0 bridgehead atoms. The van der Waals surface area contributed by atoms with E-state index in [-0.39, 0.29) is 17.3 Å². The molecule has 0 saturated heterocycles. The number of rotatable bonds is 4. The highest BCUT2D eigenvalue weighted by Crippen LogP contribution is 2.10. The van der Waals surface area contributed by atoms with Crippen LogP contribution in [-0.4, -0.2) is 21.9 Å². The van der Waals surface area contributed by atoms with Crippen LogP contribution in [0.2, 0.25) is 0 Å². The highest BCUT2D eigenvalue weighted by atomic mass is 19.3. The lowest BCUT2D eigenvalue weighted by Crippen LogP contribution is -2.26. The quantitative estimate of drug-likeness (QED) is 0.918. The molecule has 10 heteroatoms. The number of nitrogens with zero attached hydrogens (tertiary/aromatic N) is 3. The minimum absolute atomic E-state index is 0.218. The monoisotopic (exact) mass is 312 g/mol. The molecule has 2 aromatic heterocycles. The van der Waals surface area contributed by atoms with Crippen LogP contribution in [0.25, 0.3) is 0 Å². The van der Waals surface area contributed by atoms with Crippen molar-refractivity contribution in [3.63, 3.8) is 0 Å². The van der Waals surface area contributed by atoms with Gasteiger partial charge in [0.1, 0.15) is 6.26 Å². The molecule has 0 fully saturated rings. The lowest BCUT2D eigenvalue weighted by Gasteiger charge is -2.09. The number of aromatic nitrogens is 2. The molecule has 0 spiro atoms. The Morgan fingerprint density at radius 1 is 1.55 bits per heavy atom. The van der Waals surface area contributed by atoms with Gasteiger partial charge in [-0.1, -0.05) is 0 Å². The molecule has 0 saturated carbocycles. The van der Waals surface area contributed by atoms with Crippen LogP contribution in [0.15, 0.2) is 27.7 Å². The van der Waals surface area contributed by atoms with Crippen molar-refractivity contribution in [3.8, 4) is 6.07 Å². The molecule has 114 valence electrons. The van der Waals surface area contributed by atoms with E-state index in [2.05, 4.69) is 14.7 Å². The summed E-state index contributed by atoms with van der Waals surface area (Å²) in [7, 11) is 0. The molecule has 0 unspecified atom stereocenters. The highest BCUT2D eigenvalue weighted by molar-refractivity contribution is 6.02. The molecule has 7 nitrogen and oxygen atoms in total. The summed E-state index contributed by atoms with van der Waals surface area (Å²) in [6, 6.07) is 2.25. The van der Waals surface area contributed by atoms with Gasteiger partial charge in [0.25, 0.3) is 17.9 Å². The van der Waals surface area contributed by atoms with Crippen LogP contribution < -0.4 is 10.9 Å². The first-order chi connectivity index (χ1) is 10.4. The van der Waals surface area contributed by atoms with Gasteiger partial charge in [0.2, 0.25) is 0 Å². The average molecular weight is 312 g/mol. The Kier molecular flexibility index (Phi) is 4.26. The van der Waals surface area contributed by atoms with Crippen molar-refractivity contribution in [1.29, 1.82) is 5.26 Å². The smallest absolute Gasteiger partial charge is 0.301 e. The van der Waals surface area contributed by atoms with Crippen LogP contribution in [0.1, 0.15) is 16.4 Å². The molecule has 22 heavy (non-hydrogen) atoms. The maximum Gasteiger partial charge on any atom is 0.301 e. The number of nitrogens with one attached hydrogen (secondary N) is 1. The largest absolute Gasteiger partial charge is 0.436 e. The Morgan fingerprint density at radius 2 is 2.27 bits per heavy atom. The van der Waals surface area contributed by atoms with E-state index in [1.54, 1.807) is 6.07 Å². The molecule has 0 atom stereocenters. The number of halogens is 3. The molecule has 0 aromatic carbocycles. The SMILES string of the molecule is N#Cc1nc(C(=O)Nc2cc(F)c(=O)n(CC(F)F)c2)co1. The predicted octanol–water partition coefficient (Wildman–Crippen LogP) is 1.36. The van der Waals surface area contributed by atoms with Gasteiger partial charge in [-0.05, 0) is 0 Å². The number of oxazole rings is 1. The van der Waals surface area contributed by atoms with Gasteiger partial charge in [-0.25, -0.2) is 13.2 Å². The fraction of sp³-hybridized carbons (Fsp3) is 0.167. The summed E-state index contributed by atoms with van der Waals surface area (Å²) in [5.74, 6) is -2.50. The average Bonchev–Trinajstić information content (AvgIpc) is 2.92. The first-order valence-electron chi connectivity index (χ1n) is 5.76. The first-order valence-corrected chi connectivity index (χ1v) is 5.76. The molecule has 1 N–H and O–H groups in total. The van der Waals surface area contributed by atoms with Gasteiger partial charge in [-0.2, -0.15) is 10.2 Å². The molecule has 2 aromatic rings. The summed E-state index contributed by atoms with van der Waals surface area (Å²) in [4.78, 5) is 26.6. The van der Waals surface area contributed by atoms with Gasteiger partial charge in [-0.15, -0.1) is 0 Å². The third kappa shape index (κ3) is 3.32. The Labute approximate surface area is 120 Å². The second kappa shape index (κ2) is 6.13. The van der Waals surface area contributed by atoms with Crippen molar-refractivity contribution in [2.24, 2.45) is 0 Å². The van der Waals surface area contributed by atoms with Crippen molar-refractivity contribution in [3.05, 3.63) is 46.3 Å². The van der Waals surface area contributed by atoms with Crippen molar-refractivity contribution < 1.29 is 22.4 Å². The molecule has 0 radical (unpaired) electrons. The third-order valence-corrected chi connectivity index (χ3v) is 2.47. The van der Waals surface area contributed by atoms with Gasteiger partial charge in [0, 0.05) is 12.3 Å². The van der Waals surface area contributed by atoms with Crippen molar-refractivity contribution in [2.75, 3.05) is 5.32 Å². The van der Waals surface area contributed by atoms with Gasteiger partial charge in [0.15, 0.2) is 17.6 Å². The van der Waals surface area contributed by atoms with E-state index in [4.69, 9.17) is 5.26 Å². The van der Waals surface area contributed by atoms with E-state index in [0.29, 0.717) is 10.6 Å². The number of carbonyl (C=O) groups is 1. The Bertz CT molecular complexity index is 807. The summed E-state index contributed by atoms with van der Waals surface area (Å²) in [6.07, 6.45) is -1.09. The van der Waals surface area contributed by atoms with E-state index in [9.17, 15) is 22.8 Å². The van der Waals surface area contributed by atoms with E-state index in [1.165, 1.54) is 0 Å². The Morgan fingerprint density at radius 3 is 2.86 bits per heavy atom. The van der Waals surface area contributed by atoms with Gasteiger partial charge < -0.3 is 14.3 Å². The maximum atomic E-state index is 13.4. The molecule has 1 amide bonds. The third-order valence-electron chi connectivity index (χ3n) is 2.47. The van der Waals surface area contributed by atoms with Gasteiger partial charge in [0.05, 0.1) is 12.2 Å². The van der Waals surface area contributed by atoms with Crippen molar-refractivity contribution in [1.82, 2.24) is 9.55 Å². The van der Waals surface area contributed by atoms with Crippen molar-refractivity contribution >= 4 is 11.6 Å². The van der Waals surface area contributed by atoms with E-state index >= 15 is 0 Å². The molecule has 2 heterocycles. The number of amides is 1. The lowest BCUT2D eigenvalue weighted by molar-refractivity contribution is 0.102. The lowest BCUT2D eigenvalue weighted by atomic mass is 10.3. The fourth-order valence-corrected chi connectivity index (χ4v) is 1.58. The topological polar surface area (TPSA) is 101 Å². The summed E-state index contributed by atoms with van der Waals surface area (Å²) < 4.78 is 43.1. The summed E-state index contributed by atoms with van der Waals surface area (Å²) in [6.45, 7) is -1.01. The number of anilines is 1. The Hall–Kier alpha value is -3.09. The minimum Gasteiger partial charge on any atom is -0.436 e. The summed E-state index contributed by atoms with van der Waals surface area (Å²) in [5.41, 5.74) is -1.71. The number of pyridine rings is 1. The standard InChI is InChI=1S/C12H7F3N4O3/c13-7-1-6(3-19(12(7)21)4-9(14)15)17-11(20)8-5-22-10(2-16)18-8/h1,3,5,9H,4H2,(H,17,20). The molecular weight excluding hydrogens is 305 g/mol. The van der Waals surface area contributed by atoms with Gasteiger partial charge in [-0.3, -0.25) is 9.59 Å². The van der Waals surface area contributed by atoms with E-state index < -0.39 is 30.3 Å². The van der Waals surface area contributed by atoms with Crippen LogP contribution in [0.5, 0.6) is 0 Å². The van der Waals surface area contributed by atoms with E-state index in [1.807, 2.05) is 0 Å². The second-order valence-electron chi connectivity index (χ2n) is 4.03. The van der Waals surface area contributed by atoms with E-state index in [0.717, 1.165) is 12.5 Å². The number of carbonyl (C=O) groups excluding carboxylic acids is 1. The van der Waals surface area contributed by atoms with Crippen LogP contribution in [0.4, 0.5) is 18.9 Å². The maximum absolute atomic E-state index is 13.4.